The van der Waals surface area contributed by atoms with Crippen LogP contribution in [0.1, 0.15) is 0 Å². The Balaban J connectivity index is 2.01. The fourth-order valence-electron chi connectivity index (χ4n) is 2.42. The number of primary amides is 1. The molecule has 1 fully saturated rings. The molecule has 2 aromatic rings. The van der Waals surface area contributed by atoms with Gasteiger partial charge in [0.25, 0.3) is 0 Å². The summed E-state index contributed by atoms with van der Waals surface area (Å²) in [4.78, 5) is 17.0. The highest BCUT2D eigenvalue weighted by Gasteiger charge is 2.27. The molecule has 7 heteroatoms. The number of halogens is 2. The van der Waals surface area contributed by atoms with Crippen molar-refractivity contribution in [1.29, 1.82) is 0 Å². The lowest BCUT2D eigenvalue weighted by molar-refractivity contribution is -0.130. The van der Waals surface area contributed by atoms with Gasteiger partial charge in [-0.1, -0.05) is 11.6 Å². The van der Waals surface area contributed by atoms with Gasteiger partial charge in [0.1, 0.15) is 5.52 Å². The molecule has 0 saturated carbocycles. The SMILES string of the molecule is NC(=O)[C@H]1CN(c2ccc3c(Cl)ccnc3c2F)CCO1. The first kappa shape index (κ1) is 14.0. The van der Waals surface area contributed by atoms with Gasteiger partial charge in [0.05, 0.1) is 23.9 Å². The van der Waals surface area contributed by atoms with Gasteiger partial charge in [0.2, 0.25) is 5.91 Å². The molecule has 110 valence electrons. The molecule has 2 N–H and O–H groups in total. The molecule has 1 amide bonds. The highest BCUT2D eigenvalue weighted by molar-refractivity contribution is 6.35. The maximum atomic E-state index is 14.6. The molecule has 0 unspecified atom stereocenters. The Morgan fingerprint density at radius 3 is 3.05 bits per heavy atom. The number of carbonyl (C=O) groups excluding carboxylic acids is 1. The third-order valence-electron chi connectivity index (χ3n) is 3.50. The van der Waals surface area contributed by atoms with E-state index in [0.29, 0.717) is 29.2 Å². The summed E-state index contributed by atoms with van der Waals surface area (Å²) >= 11 is 6.03. The summed E-state index contributed by atoms with van der Waals surface area (Å²) in [5.74, 6) is -1.01. The lowest BCUT2D eigenvalue weighted by Gasteiger charge is -2.33. The number of morpholine rings is 1. The highest BCUT2D eigenvalue weighted by atomic mass is 35.5. The van der Waals surface area contributed by atoms with Gasteiger partial charge in [-0.2, -0.15) is 0 Å². The summed E-state index contributed by atoms with van der Waals surface area (Å²) in [6, 6.07) is 4.97. The van der Waals surface area contributed by atoms with Crippen molar-refractivity contribution in [2.24, 2.45) is 5.73 Å². The van der Waals surface area contributed by atoms with E-state index in [1.807, 2.05) is 0 Å². The van der Waals surface area contributed by atoms with E-state index in [1.54, 1.807) is 23.1 Å². The van der Waals surface area contributed by atoms with Gasteiger partial charge >= 0.3 is 0 Å². The summed E-state index contributed by atoms with van der Waals surface area (Å²) in [5.41, 5.74) is 5.82. The second-order valence-electron chi connectivity index (χ2n) is 4.80. The first-order valence-electron chi connectivity index (χ1n) is 6.46. The number of nitrogens with two attached hydrogens (primary N) is 1. The number of fused-ring (bicyclic) bond motifs is 1. The van der Waals surface area contributed by atoms with Crippen molar-refractivity contribution in [2.45, 2.75) is 6.10 Å². The molecular formula is C14H13ClFN3O2. The first-order chi connectivity index (χ1) is 10.1. The van der Waals surface area contributed by atoms with E-state index in [-0.39, 0.29) is 12.1 Å². The van der Waals surface area contributed by atoms with Gasteiger partial charge in [-0.25, -0.2) is 4.39 Å². The highest BCUT2D eigenvalue weighted by Crippen LogP contribution is 2.30. The first-order valence-corrected chi connectivity index (χ1v) is 6.84. The molecule has 3 rings (SSSR count). The summed E-state index contributed by atoms with van der Waals surface area (Å²) in [6.45, 7) is 1.01. The van der Waals surface area contributed by atoms with E-state index < -0.39 is 17.8 Å². The number of benzene rings is 1. The molecule has 0 aliphatic carbocycles. The summed E-state index contributed by atoms with van der Waals surface area (Å²) < 4.78 is 19.9. The zero-order valence-electron chi connectivity index (χ0n) is 11.1. The van der Waals surface area contributed by atoms with Crippen LogP contribution in [0.5, 0.6) is 0 Å². The van der Waals surface area contributed by atoms with E-state index in [2.05, 4.69) is 4.98 Å². The minimum Gasteiger partial charge on any atom is -0.367 e. The number of ether oxygens (including phenoxy) is 1. The summed E-state index contributed by atoms with van der Waals surface area (Å²) in [7, 11) is 0. The largest absolute Gasteiger partial charge is 0.367 e. The van der Waals surface area contributed by atoms with Crippen LogP contribution in [-0.4, -0.2) is 36.7 Å². The van der Waals surface area contributed by atoms with E-state index in [1.165, 1.54) is 6.20 Å². The molecular weight excluding hydrogens is 297 g/mol. The van der Waals surface area contributed by atoms with Crippen LogP contribution >= 0.6 is 11.6 Å². The molecule has 1 aliphatic heterocycles. The molecule has 2 heterocycles. The molecule has 1 aromatic carbocycles. The monoisotopic (exact) mass is 309 g/mol. The van der Waals surface area contributed by atoms with Gasteiger partial charge in [0.15, 0.2) is 11.9 Å². The van der Waals surface area contributed by atoms with Gasteiger partial charge in [-0.3, -0.25) is 9.78 Å². The molecule has 1 atom stereocenters. The number of amides is 1. The van der Waals surface area contributed by atoms with E-state index >= 15 is 0 Å². The third kappa shape index (κ3) is 2.52. The standard InChI is InChI=1S/C14H13ClFN3O2/c15-9-3-4-18-13-8(9)1-2-10(12(13)16)19-5-6-21-11(7-19)14(17)20/h1-4,11H,5-7H2,(H2,17,20)/t11-/m1/s1. The lowest BCUT2D eigenvalue weighted by Crippen LogP contribution is -2.48. The van der Waals surface area contributed by atoms with Crippen molar-refractivity contribution in [3.8, 4) is 0 Å². The van der Waals surface area contributed by atoms with Crippen LogP contribution in [0.3, 0.4) is 0 Å². The zero-order valence-corrected chi connectivity index (χ0v) is 11.8. The van der Waals surface area contributed by atoms with Crippen LogP contribution in [0.25, 0.3) is 10.9 Å². The quantitative estimate of drug-likeness (QED) is 0.917. The van der Waals surface area contributed by atoms with Gasteiger partial charge in [-0.05, 0) is 18.2 Å². The molecule has 1 saturated heterocycles. The Kier molecular flexibility index (Phi) is 3.65. The second-order valence-corrected chi connectivity index (χ2v) is 5.20. The molecule has 0 radical (unpaired) electrons. The average molecular weight is 310 g/mol. The molecule has 5 nitrogen and oxygen atoms in total. The minimum atomic E-state index is -0.735. The van der Waals surface area contributed by atoms with Crippen molar-refractivity contribution in [3.63, 3.8) is 0 Å². The van der Waals surface area contributed by atoms with Crippen molar-refractivity contribution >= 4 is 34.1 Å². The van der Waals surface area contributed by atoms with Gasteiger partial charge in [-0.15, -0.1) is 0 Å². The summed E-state index contributed by atoms with van der Waals surface area (Å²) in [6.07, 6.45) is 0.726. The number of anilines is 1. The predicted molar refractivity (Wildman–Crippen MR) is 77.9 cm³/mol. The Bertz CT molecular complexity index is 710. The fraction of sp³-hybridized carbons (Fsp3) is 0.286. The van der Waals surface area contributed by atoms with Gasteiger partial charge in [0, 0.05) is 18.1 Å². The number of aromatic nitrogens is 1. The number of hydrogen-bond donors (Lipinski definition) is 1. The molecule has 0 spiro atoms. The van der Waals surface area contributed by atoms with Crippen molar-refractivity contribution in [2.75, 3.05) is 24.6 Å². The third-order valence-corrected chi connectivity index (χ3v) is 3.83. The number of rotatable bonds is 2. The predicted octanol–water partition coefficient (Wildman–Crippen LogP) is 1.72. The number of hydrogen-bond acceptors (Lipinski definition) is 4. The lowest BCUT2D eigenvalue weighted by atomic mass is 10.1. The van der Waals surface area contributed by atoms with Crippen molar-refractivity contribution < 1.29 is 13.9 Å². The summed E-state index contributed by atoms with van der Waals surface area (Å²) in [5, 5.41) is 1.00. The van der Waals surface area contributed by atoms with Crippen molar-refractivity contribution in [1.82, 2.24) is 4.98 Å². The molecule has 21 heavy (non-hydrogen) atoms. The number of carbonyl (C=O) groups is 1. The Labute approximate surface area is 125 Å². The van der Waals surface area contributed by atoms with Crippen LogP contribution in [0, 0.1) is 5.82 Å². The van der Waals surface area contributed by atoms with E-state index in [9.17, 15) is 9.18 Å². The van der Waals surface area contributed by atoms with Crippen LogP contribution < -0.4 is 10.6 Å². The maximum Gasteiger partial charge on any atom is 0.248 e. The zero-order chi connectivity index (χ0) is 15.0. The van der Waals surface area contributed by atoms with Crippen LogP contribution in [-0.2, 0) is 9.53 Å². The molecule has 1 aliphatic rings. The smallest absolute Gasteiger partial charge is 0.248 e. The Hall–Kier alpha value is -1.92. The number of pyridine rings is 1. The van der Waals surface area contributed by atoms with Crippen molar-refractivity contribution in [3.05, 3.63) is 35.2 Å². The normalized spacial score (nSPS) is 19.0. The topological polar surface area (TPSA) is 68.5 Å². The second kappa shape index (κ2) is 5.46. The fourth-order valence-corrected chi connectivity index (χ4v) is 2.63. The maximum absolute atomic E-state index is 14.6. The van der Waals surface area contributed by atoms with E-state index in [0.717, 1.165) is 0 Å². The Morgan fingerprint density at radius 1 is 1.48 bits per heavy atom. The molecule has 1 aromatic heterocycles. The average Bonchev–Trinajstić information content (AvgIpc) is 2.48. The molecule has 0 bridgehead atoms. The number of nitrogens with zero attached hydrogens (tertiary/aromatic N) is 2. The van der Waals surface area contributed by atoms with Gasteiger partial charge < -0.3 is 15.4 Å². The van der Waals surface area contributed by atoms with Crippen LogP contribution in [0.2, 0.25) is 5.02 Å². The Morgan fingerprint density at radius 2 is 2.29 bits per heavy atom. The minimum absolute atomic E-state index is 0.210. The van der Waals surface area contributed by atoms with Crippen LogP contribution in [0.4, 0.5) is 10.1 Å². The van der Waals surface area contributed by atoms with E-state index in [4.69, 9.17) is 22.1 Å². The van der Waals surface area contributed by atoms with Crippen LogP contribution in [0.15, 0.2) is 24.4 Å².